The second-order valence-electron chi connectivity index (χ2n) is 8.51. The minimum Gasteiger partial charge on any atom is -0.374 e. The summed E-state index contributed by atoms with van der Waals surface area (Å²) in [4.78, 5) is 13.1. The Balaban J connectivity index is 1.80. The van der Waals surface area contributed by atoms with Crippen molar-refractivity contribution in [1.82, 2.24) is 0 Å². The van der Waals surface area contributed by atoms with Crippen molar-refractivity contribution in [2.45, 2.75) is 38.9 Å². The van der Waals surface area contributed by atoms with Crippen LogP contribution in [0.4, 0.5) is 0 Å². The van der Waals surface area contributed by atoms with E-state index in [-0.39, 0.29) is 28.8 Å². The molecule has 2 aliphatic carbocycles. The van der Waals surface area contributed by atoms with E-state index in [2.05, 4.69) is 64.2 Å². The van der Waals surface area contributed by atoms with E-state index in [9.17, 15) is 4.79 Å². The maximum Gasteiger partial charge on any atom is 0.186 e. The molecule has 0 radical (unpaired) electrons. The van der Waals surface area contributed by atoms with Crippen molar-refractivity contribution < 1.29 is 14.3 Å². The zero-order chi connectivity index (χ0) is 21.2. The van der Waals surface area contributed by atoms with Crippen LogP contribution in [-0.4, -0.2) is 42.7 Å². The summed E-state index contributed by atoms with van der Waals surface area (Å²) < 4.78 is 11.3. The number of thioether (sulfide) groups is 1. The second-order valence-corrected chi connectivity index (χ2v) is 9.50. The number of carbonyl (C=O) groups is 1. The number of rotatable bonds is 4. The van der Waals surface area contributed by atoms with Crippen molar-refractivity contribution in [3.05, 3.63) is 70.9 Å². The molecule has 29 heavy (non-hydrogen) atoms. The van der Waals surface area contributed by atoms with Gasteiger partial charge in [-0.15, -0.1) is 0 Å². The molecular formula is C25H32O3S. The first-order valence-electron chi connectivity index (χ1n) is 10.2. The summed E-state index contributed by atoms with van der Waals surface area (Å²) >= 11 is 1.79. The van der Waals surface area contributed by atoms with Gasteiger partial charge >= 0.3 is 0 Å². The van der Waals surface area contributed by atoms with E-state index in [1.807, 2.05) is 12.2 Å². The molecule has 1 saturated heterocycles. The minimum absolute atomic E-state index is 0.160. The normalized spacial score (nSPS) is 37.8. The number of Topliss-reactive ketones (excluding diaryl/α,β-unsaturated/α-hetero) is 1. The molecule has 4 heteroatoms. The highest BCUT2D eigenvalue weighted by atomic mass is 32.2. The van der Waals surface area contributed by atoms with Gasteiger partial charge in [0.15, 0.2) is 5.78 Å². The predicted molar refractivity (Wildman–Crippen MR) is 122 cm³/mol. The van der Waals surface area contributed by atoms with Gasteiger partial charge in [0.05, 0.1) is 11.2 Å². The quantitative estimate of drug-likeness (QED) is 0.592. The number of hydrogen-bond acceptors (Lipinski definition) is 4. The molecule has 3 aliphatic rings. The summed E-state index contributed by atoms with van der Waals surface area (Å²) in [5, 5.41) is 0. The zero-order valence-corrected chi connectivity index (χ0v) is 19.1. The van der Waals surface area contributed by atoms with E-state index in [1.165, 1.54) is 0 Å². The number of ether oxygens (including phenoxy) is 2. The lowest BCUT2D eigenvalue weighted by Gasteiger charge is -2.33. The molecule has 0 N–H and O–H groups in total. The lowest BCUT2D eigenvalue weighted by atomic mass is 9.83. The van der Waals surface area contributed by atoms with Gasteiger partial charge in [0.1, 0.15) is 0 Å². The number of carbonyl (C=O) groups excluding carboxylic acids is 1. The van der Waals surface area contributed by atoms with Crippen molar-refractivity contribution in [1.29, 1.82) is 0 Å². The third-order valence-electron chi connectivity index (χ3n) is 6.57. The Morgan fingerprint density at radius 2 is 1.31 bits per heavy atom. The third-order valence-corrected chi connectivity index (χ3v) is 7.60. The molecule has 1 heterocycles. The molecule has 0 amide bonds. The van der Waals surface area contributed by atoms with E-state index in [0.29, 0.717) is 0 Å². The van der Waals surface area contributed by atoms with Crippen molar-refractivity contribution in [2.24, 2.45) is 11.8 Å². The molecule has 4 atom stereocenters. The van der Waals surface area contributed by atoms with Crippen molar-refractivity contribution >= 4 is 17.5 Å². The minimum atomic E-state index is -0.286. The molecule has 0 spiro atoms. The summed E-state index contributed by atoms with van der Waals surface area (Å²) in [5.41, 5.74) is 3.33. The maximum absolute atomic E-state index is 13.1. The number of ketones is 1. The standard InChI is InChI=1S/C25H32O3S/c1-17-11-19(7-9-24(17,3)27-5)13-21-15-29-16-22(23(21)26)14-20-8-10-25(4,28-6)18(2)12-20/h7-14,17-18H,15-16H2,1-6H3. The Bertz CT molecular complexity index is 789. The van der Waals surface area contributed by atoms with Gasteiger partial charge in [-0.1, -0.05) is 50.3 Å². The molecule has 0 saturated carbocycles. The first kappa shape index (κ1) is 22.1. The Morgan fingerprint density at radius 3 is 1.66 bits per heavy atom. The Kier molecular flexibility index (Phi) is 6.57. The monoisotopic (exact) mass is 412 g/mol. The Hall–Kier alpha value is -1.62. The van der Waals surface area contributed by atoms with Crippen LogP contribution in [-0.2, 0) is 14.3 Å². The zero-order valence-electron chi connectivity index (χ0n) is 18.3. The van der Waals surface area contributed by atoms with Crippen LogP contribution in [0.15, 0.2) is 70.9 Å². The number of methoxy groups -OCH3 is 2. The molecule has 0 aromatic heterocycles. The highest BCUT2D eigenvalue weighted by molar-refractivity contribution is 7.99. The van der Waals surface area contributed by atoms with E-state index >= 15 is 0 Å². The van der Waals surface area contributed by atoms with E-state index in [1.54, 1.807) is 26.0 Å². The van der Waals surface area contributed by atoms with Gasteiger partial charge in [0, 0.05) is 48.7 Å². The molecular weight excluding hydrogens is 380 g/mol. The summed E-state index contributed by atoms with van der Waals surface area (Å²) in [5.74, 6) is 2.17. The topological polar surface area (TPSA) is 35.5 Å². The fourth-order valence-corrected chi connectivity index (χ4v) is 4.74. The summed E-state index contributed by atoms with van der Waals surface area (Å²) in [6.45, 7) is 8.45. The average molecular weight is 413 g/mol. The lowest BCUT2D eigenvalue weighted by molar-refractivity contribution is -0.112. The highest BCUT2D eigenvalue weighted by Crippen LogP contribution is 2.33. The van der Waals surface area contributed by atoms with Crippen molar-refractivity contribution in [2.75, 3.05) is 25.7 Å². The SMILES string of the molecule is COC1(C)C=CC(C=C2CSCC(=CC3=CC(C)C(C)(OC)C=C3)C2=O)=CC1C. The smallest absolute Gasteiger partial charge is 0.186 e. The molecule has 156 valence electrons. The van der Waals surface area contributed by atoms with Crippen LogP contribution in [0.5, 0.6) is 0 Å². The predicted octanol–water partition coefficient (Wildman–Crippen LogP) is 5.23. The van der Waals surface area contributed by atoms with Gasteiger partial charge in [0.2, 0.25) is 0 Å². The molecule has 0 aromatic rings. The number of allylic oxidation sites excluding steroid dienone is 6. The summed E-state index contributed by atoms with van der Waals surface area (Å²) in [7, 11) is 3.47. The molecule has 0 bridgehead atoms. The molecule has 3 nitrogen and oxygen atoms in total. The molecule has 1 aliphatic heterocycles. The fourth-order valence-electron chi connectivity index (χ4n) is 3.77. The van der Waals surface area contributed by atoms with Crippen LogP contribution < -0.4 is 0 Å². The highest BCUT2D eigenvalue weighted by Gasteiger charge is 2.31. The van der Waals surface area contributed by atoms with Crippen LogP contribution in [0, 0.1) is 11.8 Å². The summed E-state index contributed by atoms with van der Waals surface area (Å²) in [6.07, 6.45) is 16.8. The lowest BCUT2D eigenvalue weighted by Crippen LogP contribution is -2.33. The molecule has 3 rings (SSSR count). The Labute approximate surface area is 179 Å². The largest absolute Gasteiger partial charge is 0.374 e. The average Bonchev–Trinajstić information content (AvgIpc) is 2.71. The van der Waals surface area contributed by atoms with Gasteiger partial charge in [-0.25, -0.2) is 0 Å². The van der Waals surface area contributed by atoms with Crippen LogP contribution in [0.3, 0.4) is 0 Å². The van der Waals surface area contributed by atoms with Gasteiger partial charge in [-0.3, -0.25) is 4.79 Å². The molecule has 1 fully saturated rings. The van der Waals surface area contributed by atoms with E-state index in [4.69, 9.17) is 9.47 Å². The van der Waals surface area contributed by atoms with Gasteiger partial charge in [-0.2, -0.15) is 11.8 Å². The first-order chi connectivity index (χ1) is 13.7. The van der Waals surface area contributed by atoms with Crippen LogP contribution in [0.1, 0.15) is 27.7 Å². The maximum atomic E-state index is 13.1. The van der Waals surface area contributed by atoms with Gasteiger partial charge in [0.25, 0.3) is 0 Å². The Morgan fingerprint density at radius 1 is 0.897 bits per heavy atom. The second kappa shape index (κ2) is 8.63. The van der Waals surface area contributed by atoms with Crippen LogP contribution in [0.25, 0.3) is 0 Å². The third kappa shape index (κ3) is 4.60. The van der Waals surface area contributed by atoms with E-state index < -0.39 is 0 Å². The van der Waals surface area contributed by atoms with E-state index in [0.717, 1.165) is 33.8 Å². The number of hydrogen-bond donors (Lipinski definition) is 0. The summed E-state index contributed by atoms with van der Waals surface area (Å²) in [6, 6.07) is 0. The fraction of sp³-hybridized carbons (Fsp3) is 0.480. The van der Waals surface area contributed by atoms with Crippen molar-refractivity contribution in [3.8, 4) is 0 Å². The van der Waals surface area contributed by atoms with Crippen LogP contribution >= 0.6 is 11.8 Å². The van der Waals surface area contributed by atoms with Crippen LogP contribution in [0.2, 0.25) is 0 Å². The van der Waals surface area contributed by atoms with Crippen molar-refractivity contribution in [3.63, 3.8) is 0 Å². The van der Waals surface area contributed by atoms with Gasteiger partial charge < -0.3 is 9.47 Å². The van der Waals surface area contributed by atoms with Gasteiger partial charge in [-0.05, 0) is 37.1 Å². The first-order valence-corrected chi connectivity index (χ1v) is 11.3. The molecule has 0 aromatic carbocycles. The molecule has 4 unspecified atom stereocenters.